The fourth-order valence-corrected chi connectivity index (χ4v) is 2.14. The minimum Gasteiger partial charge on any atom is -0.482 e. The molecule has 0 unspecified atom stereocenters. The van der Waals surface area contributed by atoms with Gasteiger partial charge in [-0.3, -0.25) is 4.79 Å². The molecule has 0 bridgehead atoms. The number of nitrogens with one attached hydrogen (secondary N) is 1. The molecule has 0 aliphatic heterocycles. The normalized spacial score (nSPS) is 10.2. The first kappa shape index (κ1) is 18.7. The van der Waals surface area contributed by atoms with Crippen LogP contribution in [0.25, 0.3) is 0 Å². The van der Waals surface area contributed by atoms with Gasteiger partial charge in [0.2, 0.25) is 0 Å². The highest BCUT2D eigenvalue weighted by Crippen LogP contribution is 2.23. The quantitative estimate of drug-likeness (QED) is 0.621. The zero-order valence-electron chi connectivity index (χ0n) is 13.1. The van der Waals surface area contributed by atoms with Gasteiger partial charge in [0.1, 0.15) is 5.75 Å². The third-order valence-corrected chi connectivity index (χ3v) is 3.32. The molecule has 0 saturated carbocycles. The maximum absolute atomic E-state index is 13.3. The molecule has 0 aliphatic rings. The van der Waals surface area contributed by atoms with Crippen LogP contribution in [0.15, 0.2) is 36.4 Å². The predicted octanol–water partition coefficient (Wildman–Crippen LogP) is 3.81. The predicted molar refractivity (Wildman–Crippen MR) is 87.9 cm³/mol. The average Bonchev–Trinajstić information content (AvgIpc) is 2.57. The van der Waals surface area contributed by atoms with Crippen molar-refractivity contribution in [2.45, 2.75) is 6.92 Å². The molecule has 1 N–H and O–H groups in total. The average molecular weight is 370 g/mol. The zero-order valence-corrected chi connectivity index (χ0v) is 13.9. The van der Waals surface area contributed by atoms with Crippen molar-refractivity contribution in [3.8, 4) is 5.75 Å². The standard InChI is InChI=1S/C17H14ClF2NO4/c1-2-24-16(22)9-25-11-5-3-4-10(6-11)21-17(23)12-7-14(19)15(20)8-13(12)18/h3-8H,2,9H2,1H3,(H,21,23). The summed E-state index contributed by atoms with van der Waals surface area (Å²) in [5, 5.41) is 2.27. The number of ether oxygens (including phenoxy) is 2. The number of carbonyl (C=O) groups excluding carboxylic acids is 2. The Morgan fingerprint density at radius 1 is 1.16 bits per heavy atom. The van der Waals surface area contributed by atoms with E-state index in [-0.39, 0.29) is 23.8 Å². The lowest BCUT2D eigenvalue weighted by Crippen LogP contribution is -2.15. The number of anilines is 1. The first-order valence-electron chi connectivity index (χ1n) is 7.25. The van der Waals surface area contributed by atoms with Gasteiger partial charge in [0.15, 0.2) is 18.2 Å². The molecule has 2 aromatic rings. The largest absolute Gasteiger partial charge is 0.482 e. The Hall–Kier alpha value is -2.67. The van der Waals surface area contributed by atoms with Crippen LogP contribution in [0, 0.1) is 11.6 Å². The molecule has 0 atom stereocenters. The summed E-state index contributed by atoms with van der Waals surface area (Å²) in [4.78, 5) is 23.4. The highest BCUT2D eigenvalue weighted by molar-refractivity contribution is 6.34. The van der Waals surface area contributed by atoms with E-state index in [1.807, 2.05) is 0 Å². The lowest BCUT2D eigenvalue weighted by Gasteiger charge is -2.10. The second kappa shape index (κ2) is 8.43. The molecule has 0 saturated heterocycles. The number of rotatable bonds is 6. The first-order valence-corrected chi connectivity index (χ1v) is 7.63. The number of hydrogen-bond acceptors (Lipinski definition) is 4. The van der Waals surface area contributed by atoms with E-state index in [2.05, 4.69) is 5.32 Å². The summed E-state index contributed by atoms with van der Waals surface area (Å²) in [6, 6.07) is 7.63. The highest BCUT2D eigenvalue weighted by Gasteiger charge is 2.15. The van der Waals surface area contributed by atoms with E-state index >= 15 is 0 Å². The molecule has 0 aliphatic carbocycles. The summed E-state index contributed by atoms with van der Waals surface area (Å²) < 4.78 is 36.3. The Morgan fingerprint density at radius 2 is 1.88 bits per heavy atom. The number of hydrogen-bond donors (Lipinski definition) is 1. The van der Waals surface area contributed by atoms with Crippen molar-refractivity contribution >= 4 is 29.2 Å². The Kier molecular flexibility index (Phi) is 6.30. The van der Waals surface area contributed by atoms with Gasteiger partial charge in [-0.2, -0.15) is 0 Å². The first-order chi connectivity index (χ1) is 11.9. The van der Waals surface area contributed by atoms with Crippen LogP contribution in [-0.4, -0.2) is 25.1 Å². The van der Waals surface area contributed by atoms with Crippen LogP contribution < -0.4 is 10.1 Å². The molecule has 2 aromatic carbocycles. The molecular formula is C17H14ClF2NO4. The lowest BCUT2D eigenvalue weighted by atomic mass is 10.2. The summed E-state index contributed by atoms with van der Waals surface area (Å²) in [5.74, 6) is -3.24. The second-order valence-electron chi connectivity index (χ2n) is 4.82. The van der Waals surface area contributed by atoms with Crippen molar-refractivity contribution in [2.75, 3.05) is 18.5 Å². The summed E-state index contributed by atoms with van der Waals surface area (Å²) in [7, 11) is 0. The van der Waals surface area contributed by atoms with Gasteiger partial charge < -0.3 is 14.8 Å². The smallest absolute Gasteiger partial charge is 0.344 e. The van der Waals surface area contributed by atoms with Crippen molar-refractivity contribution in [3.05, 3.63) is 58.6 Å². The van der Waals surface area contributed by atoms with E-state index in [0.717, 1.165) is 6.07 Å². The van der Waals surface area contributed by atoms with Gasteiger partial charge in [-0.15, -0.1) is 0 Å². The molecule has 0 heterocycles. The van der Waals surface area contributed by atoms with Crippen LogP contribution in [-0.2, 0) is 9.53 Å². The van der Waals surface area contributed by atoms with Crippen LogP contribution in [0.3, 0.4) is 0 Å². The number of esters is 1. The Morgan fingerprint density at radius 3 is 2.60 bits per heavy atom. The van der Waals surface area contributed by atoms with E-state index in [0.29, 0.717) is 17.5 Å². The van der Waals surface area contributed by atoms with Gasteiger partial charge in [-0.25, -0.2) is 13.6 Å². The van der Waals surface area contributed by atoms with Crippen LogP contribution in [0.5, 0.6) is 5.75 Å². The molecule has 132 valence electrons. The molecule has 1 amide bonds. The molecule has 2 rings (SSSR count). The van der Waals surface area contributed by atoms with Gasteiger partial charge in [0, 0.05) is 11.8 Å². The third-order valence-electron chi connectivity index (χ3n) is 3.01. The van der Waals surface area contributed by atoms with Crippen molar-refractivity contribution in [1.82, 2.24) is 0 Å². The van der Waals surface area contributed by atoms with Crippen LogP contribution in [0.1, 0.15) is 17.3 Å². The van der Waals surface area contributed by atoms with Crippen molar-refractivity contribution in [2.24, 2.45) is 0 Å². The molecular weight excluding hydrogens is 356 g/mol. The van der Waals surface area contributed by atoms with E-state index in [9.17, 15) is 18.4 Å². The van der Waals surface area contributed by atoms with Gasteiger partial charge in [0.25, 0.3) is 5.91 Å². The van der Waals surface area contributed by atoms with Crippen molar-refractivity contribution in [3.63, 3.8) is 0 Å². The van der Waals surface area contributed by atoms with Crippen LogP contribution >= 0.6 is 11.6 Å². The minimum absolute atomic E-state index is 0.210. The van der Waals surface area contributed by atoms with Crippen molar-refractivity contribution < 1.29 is 27.8 Å². The molecule has 0 radical (unpaired) electrons. The van der Waals surface area contributed by atoms with Gasteiger partial charge in [0.05, 0.1) is 17.2 Å². The molecule has 0 spiro atoms. The molecule has 0 fully saturated rings. The maximum Gasteiger partial charge on any atom is 0.344 e. The van der Waals surface area contributed by atoms with Crippen LogP contribution in [0.2, 0.25) is 5.02 Å². The SMILES string of the molecule is CCOC(=O)COc1cccc(NC(=O)c2cc(F)c(F)cc2Cl)c1. The number of halogens is 3. The van der Waals surface area contributed by atoms with E-state index in [1.54, 1.807) is 25.1 Å². The van der Waals surface area contributed by atoms with E-state index in [1.165, 1.54) is 6.07 Å². The highest BCUT2D eigenvalue weighted by atomic mass is 35.5. The number of amides is 1. The molecule has 5 nitrogen and oxygen atoms in total. The monoisotopic (exact) mass is 369 g/mol. The topological polar surface area (TPSA) is 64.6 Å². The van der Waals surface area contributed by atoms with Gasteiger partial charge >= 0.3 is 5.97 Å². The van der Waals surface area contributed by atoms with E-state index < -0.39 is 23.5 Å². The minimum atomic E-state index is -1.18. The van der Waals surface area contributed by atoms with Crippen molar-refractivity contribution in [1.29, 1.82) is 0 Å². The lowest BCUT2D eigenvalue weighted by molar-refractivity contribution is -0.145. The summed E-state index contributed by atoms with van der Waals surface area (Å²) >= 11 is 5.76. The molecule has 0 aromatic heterocycles. The molecule has 8 heteroatoms. The van der Waals surface area contributed by atoms with E-state index in [4.69, 9.17) is 21.1 Å². The van der Waals surface area contributed by atoms with Gasteiger partial charge in [-0.1, -0.05) is 17.7 Å². The number of benzene rings is 2. The summed E-state index contributed by atoms with van der Waals surface area (Å²) in [6.45, 7) is 1.64. The fraction of sp³-hybridized carbons (Fsp3) is 0.176. The Bertz CT molecular complexity index is 798. The van der Waals surface area contributed by atoms with Gasteiger partial charge in [-0.05, 0) is 31.2 Å². The second-order valence-corrected chi connectivity index (χ2v) is 5.23. The third kappa shape index (κ3) is 5.15. The number of carbonyl (C=O) groups is 2. The summed E-state index contributed by atoms with van der Waals surface area (Å²) in [5.41, 5.74) is 0.116. The molecule has 25 heavy (non-hydrogen) atoms. The van der Waals surface area contributed by atoms with Crippen LogP contribution in [0.4, 0.5) is 14.5 Å². The maximum atomic E-state index is 13.3. The Labute approximate surface area is 147 Å². The zero-order chi connectivity index (χ0) is 18.4. The Balaban J connectivity index is 2.07. The summed E-state index contributed by atoms with van der Waals surface area (Å²) in [6.07, 6.45) is 0. The fourth-order valence-electron chi connectivity index (χ4n) is 1.90.